The molecule has 0 saturated heterocycles. The summed E-state index contributed by atoms with van der Waals surface area (Å²) >= 11 is 0. The molecule has 0 bridgehead atoms. The van der Waals surface area contributed by atoms with Crippen molar-refractivity contribution in [3.8, 4) is 6.07 Å². The van der Waals surface area contributed by atoms with Gasteiger partial charge >= 0.3 is 5.97 Å². The van der Waals surface area contributed by atoms with Crippen molar-refractivity contribution < 1.29 is 22.7 Å². The van der Waals surface area contributed by atoms with Gasteiger partial charge in [0.05, 0.1) is 24.8 Å². The number of hydrogen-bond donors (Lipinski definition) is 0. The summed E-state index contributed by atoms with van der Waals surface area (Å²) < 4.78 is 42.3. The average Bonchev–Trinajstić information content (AvgIpc) is 2.28. The summed E-state index contributed by atoms with van der Waals surface area (Å²) in [5.41, 5.74) is -1.62. The number of carbonyl (C=O) groups is 1. The van der Waals surface area contributed by atoms with Crippen LogP contribution in [-0.2, 0) is 16.0 Å². The number of pyridine rings is 1. The maximum absolute atomic E-state index is 13.0. The first-order valence-corrected chi connectivity index (χ1v) is 4.44. The molecule has 0 radical (unpaired) electrons. The van der Waals surface area contributed by atoms with Crippen LogP contribution >= 0.6 is 0 Å². The van der Waals surface area contributed by atoms with Crippen molar-refractivity contribution in [2.45, 2.75) is 12.8 Å². The van der Waals surface area contributed by atoms with Crippen molar-refractivity contribution >= 4 is 5.97 Å². The number of halogens is 3. The largest absolute Gasteiger partial charge is 0.469 e. The summed E-state index contributed by atoms with van der Waals surface area (Å²) in [5, 5.41) is 8.73. The fourth-order valence-electron chi connectivity index (χ4n) is 1.22. The van der Waals surface area contributed by atoms with Gasteiger partial charge < -0.3 is 4.74 Å². The molecule has 0 amide bonds. The van der Waals surface area contributed by atoms with Crippen molar-refractivity contribution in [1.29, 1.82) is 5.26 Å². The molecule has 0 saturated carbocycles. The minimum Gasteiger partial charge on any atom is -0.469 e. The summed E-state index contributed by atoms with van der Waals surface area (Å²) in [6, 6.07) is 1.96. The smallest absolute Gasteiger partial charge is 0.311 e. The zero-order valence-electron chi connectivity index (χ0n) is 8.71. The highest BCUT2D eigenvalue weighted by Crippen LogP contribution is 2.25. The van der Waals surface area contributed by atoms with Gasteiger partial charge in [0.2, 0.25) is 5.95 Å². The Kier molecular flexibility index (Phi) is 4.04. The zero-order valence-corrected chi connectivity index (χ0v) is 8.71. The van der Waals surface area contributed by atoms with Gasteiger partial charge in [-0.3, -0.25) is 4.79 Å². The molecule has 1 aromatic rings. The average molecular weight is 244 g/mol. The topological polar surface area (TPSA) is 63.0 Å². The Morgan fingerprint density at radius 2 is 2.29 bits per heavy atom. The Bertz CT molecular complexity index is 483. The highest BCUT2D eigenvalue weighted by atomic mass is 19.3. The van der Waals surface area contributed by atoms with Gasteiger partial charge in [0.15, 0.2) is 0 Å². The van der Waals surface area contributed by atoms with E-state index in [-0.39, 0.29) is 5.69 Å². The molecule has 7 heteroatoms. The number of hydrogen-bond acceptors (Lipinski definition) is 4. The molecule has 0 fully saturated rings. The lowest BCUT2D eigenvalue weighted by molar-refractivity contribution is -0.139. The maximum Gasteiger partial charge on any atom is 0.311 e. The number of carbonyl (C=O) groups excluding carboxylic acids is 1. The van der Waals surface area contributed by atoms with Gasteiger partial charge in [-0.15, -0.1) is 0 Å². The number of esters is 1. The van der Waals surface area contributed by atoms with E-state index in [9.17, 15) is 18.0 Å². The van der Waals surface area contributed by atoms with Crippen LogP contribution in [0.25, 0.3) is 0 Å². The molecular formula is C10H7F3N2O2. The van der Waals surface area contributed by atoms with Crippen LogP contribution in [0.5, 0.6) is 0 Å². The standard InChI is InChI=1S/C10H7F3N2O2/c1-17-9(16)3-7-6(4-14)5(10(12)13)2-8(11)15-7/h2,10H,3H2,1H3. The van der Waals surface area contributed by atoms with E-state index in [0.717, 1.165) is 7.11 Å². The van der Waals surface area contributed by atoms with Crippen LogP contribution in [0.1, 0.15) is 23.2 Å². The fourth-order valence-corrected chi connectivity index (χ4v) is 1.22. The van der Waals surface area contributed by atoms with Crippen molar-refractivity contribution in [1.82, 2.24) is 4.98 Å². The molecule has 1 aromatic heterocycles. The molecule has 0 spiro atoms. The highest BCUT2D eigenvalue weighted by molar-refractivity contribution is 5.72. The predicted molar refractivity (Wildman–Crippen MR) is 49.6 cm³/mol. The minimum absolute atomic E-state index is 0.352. The first-order chi connectivity index (χ1) is 7.99. The van der Waals surface area contributed by atoms with Gasteiger partial charge in [-0.1, -0.05) is 0 Å². The van der Waals surface area contributed by atoms with E-state index >= 15 is 0 Å². The Balaban J connectivity index is 3.29. The minimum atomic E-state index is -3.02. The third kappa shape index (κ3) is 2.93. The number of alkyl halides is 2. The Hall–Kier alpha value is -2.10. The number of nitrogens with zero attached hydrogens (tertiary/aromatic N) is 2. The summed E-state index contributed by atoms with van der Waals surface area (Å²) in [6.45, 7) is 0. The van der Waals surface area contributed by atoms with E-state index in [2.05, 4.69) is 9.72 Å². The predicted octanol–water partition coefficient (Wildman–Crippen LogP) is 1.75. The van der Waals surface area contributed by atoms with Crippen molar-refractivity contribution in [2.24, 2.45) is 0 Å². The summed E-state index contributed by atoms with van der Waals surface area (Å²) in [5.74, 6) is -1.96. The molecule has 4 nitrogen and oxygen atoms in total. The first-order valence-electron chi connectivity index (χ1n) is 4.44. The molecular weight excluding hydrogens is 237 g/mol. The van der Waals surface area contributed by atoms with Crippen LogP contribution in [0.3, 0.4) is 0 Å². The number of rotatable bonds is 3. The third-order valence-electron chi connectivity index (χ3n) is 1.98. The fraction of sp³-hybridized carbons (Fsp3) is 0.300. The summed E-state index contributed by atoms with van der Waals surface area (Å²) in [4.78, 5) is 14.2. The van der Waals surface area contributed by atoms with Crippen molar-refractivity contribution in [3.63, 3.8) is 0 Å². The Morgan fingerprint density at radius 3 is 2.76 bits per heavy atom. The van der Waals surface area contributed by atoms with E-state index in [0.29, 0.717) is 6.07 Å². The van der Waals surface area contributed by atoms with Crippen molar-refractivity contribution in [2.75, 3.05) is 7.11 Å². The van der Waals surface area contributed by atoms with Gasteiger partial charge in [0.1, 0.15) is 6.07 Å². The Labute approximate surface area is 94.6 Å². The Morgan fingerprint density at radius 1 is 1.65 bits per heavy atom. The SMILES string of the molecule is COC(=O)Cc1nc(F)cc(C(F)F)c1C#N. The second-order valence-electron chi connectivity index (χ2n) is 3.02. The normalized spacial score (nSPS) is 10.1. The first kappa shape index (κ1) is 13.0. The number of ether oxygens (including phenoxy) is 1. The quantitative estimate of drug-likeness (QED) is 0.600. The van der Waals surface area contributed by atoms with E-state index in [1.54, 1.807) is 0 Å². The summed E-state index contributed by atoms with van der Waals surface area (Å²) in [7, 11) is 1.09. The van der Waals surface area contributed by atoms with Gasteiger partial charge in [0.25, 0.3) is 6.43 Å². The second kappa shape index (κ2) is 5.30. The molecule has 17 heavy (non-hydrogen) atoms. The van der Waals surface area contributed by atoms with Gasteiger partial charge in [-0.05, 0) is 0 Å². The van der Waals surface area contributed by atoms with E-state index in [1.165, 1.54) is 6.07 Å². The lowest BCUT2D eigenvalue weighted by atomic mass is 10.1. The van der Waals surface area contributed by atoms with Gasteiger partial charge in [-0.2, -0.15) is 9.65 Å². The molecule has 0 N–H and O–H groups in total. The molecule has 0 atom stereocenters. The van der Waals surface area contributed by atoms with Crippen LogP contribution in [0.4, 0.5) is 13.2 Å². The van der Waals surface area contributed by atoms with E-state index < -0.39 is 35.9 Å². The maximum atomic E-state index is 13.0. The van der Waals surface area contributed by atoms with Crippen LogP contribution in [0.15, 0.2) is 6.07 Å². The molecule has 0 aromatic carbocycles. The number of methoxy groups -OCH3 is 1. The summed E-state index contributed by atoms with van der Waals surface area (Å²) in [6.07, 6.45) is -3.55. The van der Waals surface area contributed by atoms with Crippen LogP contribution < -0.4 is 0 Å². The van der Waals surface area contributed by atoms with Crippen LogP contribution in [0.2, 0.25) is 0 Å². The van der Waals surface area contributed by atoms with E-state index in [4.69, 9.17) is 5.26 Å². The lowest BCUT2D eigenvalue weighted by Gasteiger charge is -2.07. The molecule has 0 unspecified atom stereocenters. The molecule has 0 aliphatic rings. The molecule has 90 valence electrons. The van der Waals surface area contributed by atoms with Crippen molar-refractivity contribution in [3.05, 3.63) is 28.8 Å². The third-order valence-corrected chi connectivity index (χ3v) is 1.98. The molecule has 1 heterocycles. The molecule has 1 rings (SSSR count). The number of nitriles is 1. The molecule has 0 aliphatic heterocycles. The highest BCUT2D eigenvalue weighted by Gasteiger charge is 2.21. The van der Waals surface area contributed by atoms with Crippen LogP contribution in [0, 0.1) is 17.3 Å². The zero-order chi connectivity index (χ0) is 13.0. The van der Waals surface area contributed by atoms with E-state index in [1.807, 2.05) is 0 Å². The lowest BCUT2D eigenvalue weighted by Crippen LogP contribution is -2.11. The monoisotopic (exact) mass is 244 g/mol. The van der Waals surface area contributed by atoms with Gasteiger partial charge in [0, 0.05) is 11.6 Å². The molecule has 0 aliphatic carbocycles. The van der Waals surface area contributed by atoms with Crippen LogP contribution in [-0.4, -0.2) is 18.1 Å². The van der Waals surface area contributed by atoms with Gasteiger partial charge in [-0.25, -0.2) is 13.8 Å². The second-order valence-corrected chi connectivity index (χ2v) is 3.02. The number of aromatic nitrogens is 1.